The highest BCUT2D eigenvalue weighted by molar-refractivity contribution is 5.95. The summed E-state index contributed by atoms with van der Waals surface area (Å²) in [4.78, 5) is 16.5. The molecule has 1 unspecified atom stereocenters. The van der Waals surface area contributed by atoms with E-state index in [1.807, 2.05) is 18.7 Å². The van der Waals surface area contributed by atoms with Crippen LogP contribution in [0.1, 0.15) is 30.5 Å². The Morgan fingerprint density at radius 3 is 2.89 bits per heavy atom. The predicted octanol–water partition coefficient (Wildman–Crippen LogP) is 2.66. The third-order valence-corrected chi connectivity index (χ3v) is 5.87. The number of hydrogen-bond acceptors (Lipinski definition) is 4. The summed E-state index contributed by atoms with van der Waals surface area (Å²) in [6.45, 7) is 5.35. The third kappa shape index (κ3) is 3.95. The molecular formula is C21H27FN4O2. The van der Waals surface area contributed by atoms with Crippen LogP contribution in [0.15, 0.2) is 30.5 Å². The fourth-order valence-corrected chi connectivity index (χ4v) is 4.32. The predicted molar refractivity (Wildman–Crippen MR) is 105 cm³/mol. The van der Waals surface area contributed by atoms with Gasteiger partial charge < -0.3 is 9.64 Å². The average molecular weight is 386 g/mol. The number of ether oxygens (including phenoxy) is 1. The minimum atomic E-state index is -0.362. The Kier molecular flexibility index (Phi) is 5.21. The second-order valence-electron chi connectivity index (χ2n) is 7.97. The van der Waals surface area contributed by atoms with Crippen molar-refractivity contribution >= 4 is 11.6 Å². The molecular weight excluding hydrogens is 359 g/mol. The largest absolute Gasteiger partial charge is 0.363 e. The summed E-state index contributed by atoms with van der Waals surface area (Å²) in [5, 5.41) is 4.43. The van der Waals surface area contributed by atoms with Crippen molar-refractivity contribution in [3.05, 3.63) is 47.5 Å². The maximum Gasteiger partial charge on any atom is 0.253 e. The number of hydrogen-bond donors (Lipinski definition) is 0. The number of carbonyl (C=O) groups is 1. The van der Waals surface area contributed by atoms with Gasteiger partial charge in [0.25, 0.3) is 5.91 Å². The zero-order valence-corrected chi connectivity index (χ0v) is 16.5. The van der Waals surface area contributed by atoms with Gasteiger partial charge in [-0.05, 0) is 50.9 Å². The molecule has 1 amide bonds. The van der Waals surface area contributed by atoms with Crippen LogP contribution in [-0.2, 0) is 23.1 Å². The standard InChI is InChI=1S/C21H27FN4O2/c1-16-17(12-24(2)23-16)13-25-9-4-7-21(8-10-25)15-26(20(27)14-28-21)19-6-3-5-18(22)11-19/h3,5-6,11-12H,4,7-10,13-15H2,1-2H3. The molecule has 7 heteroatoms. The van der Waals surface area contributed by atoms with Crippen LogP contribution in [0, 0.1) is 12.7 Å². The summed E-state index contributed by atoms with van der Waals surface area (Å²) in [6.07, 6.45) is 4.84. The van der Waals surface area contributed by atoms with Crippen LogP contribution in [0.4, 0.5) is 10.1 Å². The lowest BCUT2D eigenvalue weighted by Crippen LogP contribution is -2.55. The van der Waals surface area contributed by atoms with Crippen molar-refractivity contribution in [1.29, 1.82) is 0 Å². The number of halogens is 1. The number of morpholine rings is 1. The highest BCUT2D eigenvalue weighted by Crippen LogP contribution is 2.33. The Morgan fingerprint density at radius 2 is 2.14 bits per heavy atom. The minimum absolute atomic E-state index is 0.0538. The first-order chi connectivity index (χ1) is 13.4. The van der Waals surface area contributed by atoms with E-state index in [0.29, 0.717) is 12.2 Å². The number of benzene rings is 1. The smallest absolute Gasteiger partial charge is 0.253 e. The average Bonchev–Trinajstić information content (AvgIpc) is 2.86. The molecule has 3 heterocycles. The van der Waals surface area contributed by atoms with Crippen molar-refractivity contribution in [2.45, 2.75) is 38.3 Å². The van der Waals surface area contributed by atoms with Gasteiger partial charge in [0.2, 0.25) is 0 Å². The van der Waals surface area contributed by atoms with E-state index in [9.17, 15) is 9.18 Å². The van der Waals surface area contributed by atoms with E-state index in [1.54, 1.807) is 17.0 Å². The Morgan fingerprint density at radius 1 is 1.29 bits per heavy atom. The molecule has 2 aromatic rings. The maximum absolute atomic E-state index is 13.7. The molecule has 2 saturated heterocycles. The highest BCUT2D eigenvalue weighted by Gasteiger charge is 2.41. The van der Waals surface area contributed by atoms with E-state index >= 15 is 0 Å². The van der Waals surface area contributed by atoms with E-state index in [-0.39, 0.29) is 23.9 Å². The second kappa shape index (κ2) is 7.64. The topological polar surface area (TPSA) is 50.6 Å². The van der Waals surface area contributed by atoms with Gasteiger partial charge in [0.1, 0.15) is 12.4 Å². The van der Waals surface area contributed by atoms with Gasteiger partial charge in [0.15, 0.2) is 0 Å². The number of aryl methyl sites for hydroxylation is 2. The number of rotatable bonds is 3. The summed E-state index contributed by atoms with van der Waals surface area (Å²) < 4.78 is 21.6. The maximum atomic E-state index is 13.7. The normalized spacial score (nSPS) is 24.0. The lowest BCUT2D eigenvalue weighted by atomic mass is 9.92. The minimum Gasteiger partial charge on any atom is -0.363 e. The molecule has 6 nitrogen and oxygen atoms in total. The molecule has 0 saturated carbocycles. The zero-order valence-electron chi connectivity index (χ0n) is 16.5. The molecule has 2 aliphatic rings. The molecule has 0 N–H and O–H groups in total. The Labute approximate surface area is 164 Å². The van der Waals surface area contributed by atoms with Crippen molar-refractivity contribution < 1.29 is 13.9 Å². The van der Waals surface area contributed by atoms with Crippen molar-refractivity contribution in [1.82, 2.24) is 14.7 Å². The molecule has 0 aliphatic carbocycles. The van der Waals surface area contributed by atoms with Gasteiger partial charge in [-0.3, -0.25) is 14.4 Å². The van der Waals surface area contributed by atoms with Crippen molar-refractivity contribution in [3.63, 3.8) is 0 Å². The molecule has 4 rings (SSSR count). The summed E-state index contributed by atoms with van der Waals surface area (Å²) in [5.41, 5.74) is 2.57. The van der Waals surface area contributed by atoms with Gasteiger partial charge in [-0.2, -0.15) is 5.10 Å². The number of aromatic nitrogens is 2. The summed E-state index contributed by atoms with van der Waals surface area (Å²) in [6, 6.07) is 6.25. The Bertz CT molecular complexity index is 868. The van der Waals surface area contributed by atoms with Crippen LogP contribution in [-0.4, -0.2) is 52.4 Å². The van der Waals surface area contributed by atoms with Gasteiger partial charge >= 0.3 is 0 Å². The van der Waals surface area contributed by atoms with Crippen LogP contribution in [0.2, 0.25) is 0 Å². The van der Waals surface area contributed by atoms with Crippen LogP contribution < -0.4 is 4.90 Å². The fourth-order valence-electron chi connectivity index (χ4n) is 4.32. The van der Waals surface area contributed by atoms with Crippen LogP contribution in [0.3, 0.4) is 0 Å². The summed E-state index contributed by atoms with van der Waals surface area (Å²) >= 11 is 0. The monoisotopic (exact) mass is 386 g/mol. The lowest BCUT2D eigenvalue weighted by molar-refractivity contribution is -0.140. The van der Waals surface area contributed by atoms with E-state index in [4.69, 9.17) is 4.74 Å². The van der Waals surface area contributed by atoms with E-state index in [1.165, 1.54) is 17.7 Å². The second-order valence-corrected chi connectivity index (χ2v) is 7.97. The Balaban J connectivity index is 1.46. The number of anilines is 1. The first-order valence-electron chi connectivity index (χ1n) is 9.85. The van der Waals surface area contributed by atoms with Crippen LogP contribution in [0.5, 0.6) is 0 Å². The third-order valence-electron chi connectivity index (χ3n) is 5.87. The van der Waals surface area contributed by atoms with E-state index < -0.39 is 0 Å². The quantitative estimate of drug-likeness (QED) is 0.814. The molecule has 0 bridgehead atoms. The van der Waals surface area contributed by atoms with Gasteiger partial charge in [-0.15, -0.1) is 0 Å². The fraction of sp³-hybridized carbons (Fsp3) is 0.524. The van der Waals surface area contributed by atoms with Gasteiger partial charge in [0.05, 0.1) is 17.8 Å². The van der Waals surface area contributed by atoms with Crippen molar-refractivity contribution in [2.75, 3.05) is 31.1 Å². The van der Waals surface area contributed by atoms with E-state index in [2.05, 4.69) is 16.2 Å². The number of carbonyl (C=O) groups excluding carboxylic acids is 1. The van der Waals surface area contributed by atoms with E-state index in [0.717, 1.165) is 44.6 Å². The number of likely N-dealkylation sites (tertiary alicyclic amines) is 1. The van der Waals surface area contributed by atoms with Crippen molar-refractivity contribution in [2.24, 2.45) is 7.05 Å². The van der Waals surface area contributed by atoms with Gasteiger partial charge in [-0.1, -0.05) is 6.07 Å². The molecule has 28 heavy (non-hydrogen) atoms. The molecule has 1 aromatic carbocycles. The first kappa shape index (κ1) is 19.1. The molecule has 1 atom stereocenters. The SMILES string of the molecule is Cc1nn(C)cc1CN1CCCC2(CC1)CN(c1cccc(F)c1)C(=O)CO2. The molecule has 2 aliphatic heterocycles. The molecule has 0 radical (unpaired) electrons. The molecule has 1 aromatic heterocycles. The van der Waals surface area contributed by atoms with Gasteiger partial charge in [-0.25, -0.2) is 4.39 Å². The highest BCUT2D eigenvalue weighted by atomic mass is 19.1. The first-order valence-corrected chi connectivity index (χ1v) is 9.85. The van der Waals surface area contributed by atoms with Crippen LogP contribution in [0.25, 0.3) is 0 Å². The molecule has 150 valence electrons. The number of amides is 1. The molecule has 1 spiro atoms. The van der Waals surface area contributed by atoms with Crippen LogP contribution >= 0.6 is 0 Å². The lowest BCUT2D eigenvalue weighted by Gasteiger charge is -2.42. The number of nitrogens with zero attached hydrogens (tertiary/aromatic N) is 4. The van der Waals surface area contributed by atoms with Gasteiger partial charge in [0, 0.05) is 37.6 Å². The molecule has 2 fully saturated rings. The summed E-state index contributed by atoms with van der Waals surface area (Å²) in [5.74, 6) is -0.437. The zero-order chi connectivity index (χ0) is 19.7. The Hall–Kier alpha value is -2.25. The summed E-state index contributed by atoms with van der Waals surface area (Å²) in [7, 11) is 1.95. The van der Waals surface area contributed by atoms with Crippen molar-refractivity contribution in [3.8, 4) is 0 Å².